The number of carbonyl (C=O) groups is 1. The number of carbonyl (C=O) groups excluding carboxylic acids is 1. The van der Waals surface area contributed by atoms with E-state index in [4.69, 9.17) is 26.2 Å². The number of hydrazine groups is 1. The summed E-state index contributed by atoms with van der Waals surface area (Å²) in [6, 6.07) is -1.26. The maximum absolute atomic E-state index is 10.0. The lowest BCUT2D eigenvalue weighted by molar-refractivity contribution is -0.118. The maximum Gasteiger partial charge on any atom is 0.139 e. The molecule has 0 saturated carbocycles. The maximum atomic E-state index is 10.0. The second kappa shape index (κ2) is 8.97. The van der Waals surface area contributed by atoms with Crippen molar-refractivity contribution in [2.24, 2.45) is 17.4 Å². The van der Waals surface area contributed by atoms with Crippen LogP contribution >= 0.6 is 0 Å². The summed E-state index contributed by atoms with van der Waals surface area (Å²) in [7, 11) is 0. The molecule has 0 aliphatic rings. The lowest BCUT2D eigenvalue weighted by Gasteiger charge is -2.23. The molecule has 0 aliphatic carbocycles. The topological polar surface area (TPSA) is 176 Å². The molecule has 0 aromatic heterocycles. The van der Waals surface area contributed by atoms with Crippen molar-refractivity contribution < 1.29 is 25.2 Å². The molecule has 8 nitrogen and oxygen atoms in total. The number of aliphatic hydroxyl groups is 4. The van der Waals surface area contributed by atoms with Gasteiger partial charge in [-0.05, 0) is 0 Å². The smallest absolute Gasteiger partial charge is 0.139 e. The highest BCUT2D eigenvalue weighted by atomic mass is 16.4. The highest BCUT2D eigenvalue weighted by Crippen LogP contribution is 2.01. The fraction of sp³-hybridized carbons (Fsp3) is 0.833. The molecule has 0 amide bonds. The summed E-state index contributed by atoms with van der Waals surface area (Å²) in [6.45, 7) is -0.705. The fourth-order valence-corrected chi connectivity index (χ4v) is 0.644. The first-order valence-electron chi connectivity index (χ1n) is 3.73. The molecule has 0 unspecified atom stereocenters. The lowest BCUT2D eigenvalue weighted by Crippen LogP contribution is -2.49. The Morgan fingerprint density at radius 1 is 1.14 bits per heavy atom. The SMILES string of the molecule is NN.N[C@@H](C=O)[C@@H](O)[C@H](O)[C@H](O)CO. The first-order valence-corrected chi connectivity index (χ1v) is 3.73. The molecular weight excluding hydrogens is 194 g/mol. The molecule has 0 radical (unpaired) electrons. The van der Waals surface area contributed by atoms with Gasteiger partial charge in [-0.2, -0.15) is 0 Å². The zero-order chi connectivity index (χ0) is 11.7. The molecule has 0 aromatic carbocycles. The van der Waals surface area contributed by atoms with Crippen molar-refractivity contribution in [3.63, 3.8) is 0 Å². The molecule has 4 atom stereocenters. The van der Waals surface area contributed by atoms with Crippen molar-refractivity contribution in [2.75, 3.05) is 6.61 Å². The zero-order valence-corrected chi connectivity index (χ0v) is 7.52. The Kier molecular flexibility index (Phi) is 10.1. The summed E-state index contributed by atoms with van der Waals surface area (Å²) in [5.41, 5.74) is 5.04. The fourth-order valence-electron chi connectivity index (χ4n) is 0.644. The van der Waals surface area contributed by atoms with Gasteiger partial charge in [-0.25, -0.2) is 0 Å². The molecule has 86 valence electrons. The number of aldehydes is 1. The van der Waals surface area contributed by atoms with Gasteiger partial charge in [0, 0.05) is 0 Å². The molecule has 14 heavy (non-hydrogen) atoms. The zero-order valence-electron chi connectivity index (χ0n) is 7.52. The van der Waals surface area contributed by atoms with Gasteiger partial charge >= 0.3 is 0 Å². The summed E-state index contributed by atoms with van der Waals surface area (Å²) in [5.74, 6) is 8.00. The van der Waals surface area contributed by atoms with Crippen LogP contribution in [0.1, 0.15) is 0 Å². The lowest BCUT2D eigenvalue weighted by atomic mass is 10.0. The molecule has 8 heteroatoms. The van der Waals surface area contributed by atoms with E-state index in [2.05, 4.69) is 11.7 Å². The van der Waals surface area contributed by atoms with Gasteiger partial charge < -0.3 is 31.0 Å². The van der Waals surface area contributed by atoms with E-state index >= 15 is 0 Å². The molecule has 0 aliphatic heterocycles. The van der Waals surface area contributed by atoms with Gasteiger partial charge in [0.15, 0.2) is 0 Å². The number of rotatable bonds is 5. The summed E-state index contributed by atoms with van der Waals surface area (Å²) in [4.78, 5) is 10.0. The third kappa shape index (κ3) is 5.19. The van der Waals surface area contributed by atoms with Crippen LogP contribution in [0.4, 0.5) is 0 Å². The molecule has 0 aromatic rings. The van der Waals surface area contributed by atoms with E-state index in [1.165, 1.54) is 0 Å². The quantitative estimate of drug-likeness (QED) is 0.135. The van der Waals surface area contributed by atoms with Crippen LogP contribution in [0.5, 0.6) is 0 Å². The average molecular weight is 211 g/mol. The number of nitrogens with two attached hydrogens (primary N) is 3. The third-order valence-corrected chi connectivity index (χ3v) is 1.48. The Hall–Kier alpha value is -0.610. The van der Waals surface area contributed by atoms with E-state index in [1.54, 1.807) is 0 Å². The van der Waals surface area contributed by atoms with Crippen LogP contribution in [0.25, 0.3) is 0 Å². The monoisotopic (exact) mass is 211 g/mol. The van der Waals surface area contributed by atoms with E-state index in [1.807, 2.05) is 0 Å². The van der Waals surface area contributed by atoms with Crippen LogP contribution in [-0.2, 0) is 4.79 Å². The molecule has 0 heterocycles. The van der Waals surface area contributed by atoms with Crippen LogP contribution in [0.2, 0.25) is 0 Å². The summed E-state index contributed by atoms with van der Waals surface area (Å²) >= 11 is 0. The van der Waals surface area contributed by atoms with Crippen LogP contribution in [0.15, 0.2) is 0 Å². The minimum Gasteiger partial charge on any atom is -0.394 e. The Morgan fingerprint density at radius 3 is 1.86 bits per heavy atom. The largest absolute Gasteiger partial charge is 0.394 e. The molecule has 0 spiro atoms. The third-order valence-electron chi connectivity index (χ3n) is 1.48. The van der Waals surface area contributed by atoms with E-state index in [9.17, 15) is 4.79 Å². The summed E-state index contributed by atoms with van der Waals surface area (Å²) in [6.07, 6.45) is -4.43. The normalized spacial score (nSPS) is 18.5. The van der Waals surface area contributed by atoms with Crippen molar-refractivity contribution in [3.8, 4) is 0 Å². The average Bonchev–Trinajstić information content (AvgIpc) is 2.27. The molecule has 0 saturated heterocycles. The minimum absolute atomic E-state index is 0.248. The van der Waals surface area contributed by atoms with E-state index in [0.29, 0.717) is 0 Å². The van der Waals surface area contributed by atoms with Gasteiger partial charge in [-0.3, -0.25) is 11.7 Å². The van der Waals surface area contributed by atoms with Gasteiger partial charge in [-0.15, -0.1) is 0 Å². The Labute approximate surface area is 80.9 Å². The Bertz CT molecular complexity index is 147. The molecule has 0 bridgehead atoms. The van der Waals surface area contributed by atoms with Crippen molar-refractivity contribution in [2.45, 2.75) is 24.4 Å². The second-order valence-electron chi connectivity index (χ2n) is 2.44. The molecule has 0 rings (SSSR count). The summed E-state index contributed by atoms with van der Waals surface area (Å²) in [5, 5.41) is 35.2. The minimum atomic E-state index is -1.62. The van der Waals surface area contributed by atoms with Crippen LogP contribution in [-0.4, -0.2) is 57.7 Å². The van der Waals surface area contributed by atoms with Crippen molar-refractivity contribution in [1.82, 2.24) is 0 Å². The van der Waals surface area contributed by atoms with Crippen molar-refractivity contribution in [1.29, 1.82) is 0 Å². The number of hydrogen-bond donors (Lipinski definition) is 7. The van der Waals surface area contributed by atoms with Crippen LogP contribution < -0.4 is 17.4 Å². The van der Waals surface area contributed by atoms with Crippen LogP contribution in [0.3, 0.4) is 0 Å². The standard InChI is InChI=1S/C6H13NO5.H4N2/c7-3(1-8)5(11)6(12)4(10)2-9;1-2/h1,3-6,9-12H,2,7H2;1-2H2/t3-,4+,5+,6+;/m0./s1. The molecule has 10 N–H and O–H groups in total. The second-order valence-corrected chi connectivity index (χ2v) is 2.44. The van der Waals surface area contributed by atoms with Gasteiger partial charge in [-0.1, -0.05) is 0 Å². The highest BCUT2D eigenvalue weighted by molar-refractivity contribution is 5.58. The predicted molar refractivity (Wildman–Crippen MR) is 47.5 cm³/mol. The van der Waals surface area contributed by atoms with E-state index < -0.39 is 31.0 Å². The van der Waals surface area contributed by atoms with Crippen molar-refractivity contribution >= 4 is 6.29 Å². The van der Waals surface area contributed by atoms with E-state index in [-0.39, 0.29) is 6.29 Å². The van der Waals surface area contributed by atoms with Gasteiger partial charge in [0.25, 0.3) is 0 Å². The predicted octanol–water partition coefficient (Wildman–Crippen LogP) is -4.59. The Morgan fingerprint density at radius 2 is 1.57 bits per heavy atom. The van der Waals surface area contributed by atoms with E-state index in [0.717, 1.165) is 0 Å². The highest BCUT2D eigenvalue weighted by Gasteiger charge is 2.28. The number of aliphatic hydroxyl groups excluding tert-OH is 4. The van der Waals surface area contributed by atoms with Gasteiger partial charge in [0.2, 0.25) is 0 Å². The first kappa shape index (κ1) is 15.8. The van der Waals surface area contributed by atoms with Gasteiger partial charge in [0.1, 0.15) is 24.6 Å². The first-order chi connectivity index (χ1) is 6.54. The Balaban J connectivity index is 0. The molecular formula is C6H17N3O5. The summed E-state index contributed by atoms with van der Waals surface area (Å²) < 4.78 is 0. The van der Waals surface area contributed by atoms with Crippen molar-refractivity contribution in [3.05, 3.63) is 0 Å². The number of hydrogen-bond acceptors (Lipinski definition) is 8. The van der Waals surface area contributed by atoms with Crippen LogP contribution in [0, 0.1) is 0 Å². The molecule has 0 fully saturated rings. The van der Waals surface area contributed by atoms with Gasteiger partial charge in [0.05, 0.1) is 12.6 Å².